The third-order valence-corrected chi connectivity index (χ3v) is 5.08. The first-order chi connectivity index (χ1) is 11.7. The van der Waals surface area contributed by atoms with Crippen molar-refractivity contribution >= 4 is 40.6 Å². The quantitative estimate of drug-likeness (QED) is 0.705. The van der Waals surface area contributed by atoms with Gasteiger partial charge in [0.1, 0.15) is 0 Å². The van der Waals surface area contributed by atoms with E-state index in [1.807, 2.05) is 19.1 Å². The van der Waals surface area contributed by atoms with Crippen LogP contribution in [0.15, 0.2) is 48.5 Å². The van der Waals surface area contributed by atoms with Gasteiger partial charge in [-0.25, -0.2) is 4.98 Å². The fraction of sp³-hybridized carbons (Fsp3) is 0.250. The molecule has 0 amide bonds. The third kappa shape index (κ3) is 3.45. The molecule has 4 rings (SSSR count). The van der Waals surface area contributed by atoms with Gasteiger partial charge in [-0.05, 0) is 30.7 Å². The molecule has 2 heterocycles. The van der Waals surface area contributed by atoms with E-state index in [-0.39, 0.29) is 12.4 Å². The molecule has 3 aromatic rings. The predicted octanol–water partition coefficient (Wildman–Crippen LogP) is 4.70. The summed E-state index contributed by atoms with van der Waals surface area (Å²) in [7, 11) is 0. The predicted molar refractivity (Wildman–Crippen MR) is 109 cm³/mol. The van der Waals surface area contributed by atoms with Gasteiger partial charge in [-0.15, -0.1) is 12.4 Å². The lowest BCUT2D eigenvalue weighted by atomic mass is 10.0. The first-order valence-electron chi connectivity index (χ1n) is 8.35. The summed E-state index contributed by atoms with van der Waals surface area (Å²) in [5.74, 6) is 0. The average Bonchev–Trinajstić information content (AvgIpc) is 2.65. The van der Waals surface area contributed by atoms with Crippen molar-refractivity contribution < 1.29 is 0 Å². The molecule has 0 atom stereocenters. The number of hydrogen-bond acceptors (Lipinski definition) is 3. The van der Waals surface area contributed by atoms with Gasteiger partial charge < -0.3 is 10.2 Å². The lowest BCUT2D eigenvalue weighted by molar-refractivity contribution is 0.590. The van der Waals surface area contributed by atoms with Gasteiger partial charge in [0.15, 0.2) is 0 Å². The zero-order chi connectivity index (χ0) is 16.5. The molecule has 2 aromatic carbocycles. The van der Waals surface area contributed by atoms with Crippen molar-refractivity contribution in [2.24, 2.45) is 0 Å². The van der Waals surface area contributed by atoms with Gasteiger partial charge in [0.2, 0.25) is 0 Å². The molecule has 5 heteroatoms. The standard InChI is InChI=1S/C20H20ClN3.ClH/c1-14-17(21)8-7-16-19(24-11-9-22-10-12-24)13-18(23-20(14)16)15-5-3-2-4-6-15;/h2-8,13,22H,9-12H2,1H3;1H. The number of piperazine rings is 1. The number of halogens is 2. The molecule has 1 aliphatic heterocycles. The monoisotopic (exact) mass is 373 g/mol. The Morgan fingerprint density at radius 1 is 1.04 bits per heavy atom. The van der Waals surface area contributed by atoms with Crippen LogP contribution in [-0.4, -0.2) is 31.2 Å². The third-order valence-electron chi connectivity index (χ3n) is 4.67. The Labute approximate surface area is 159 Å². The Kier molecular flexibility index (Phi) is 5.48. The zero-order valence-electron chi connectivity index (χ0n) is 14.1. The summed E-state index contributed by atoms with van der Waals surface area (Å²) in [5, 5.41) is 5.37. The van der Waals surface area contributed by atoms with Gasteiger partial charge in [0.05, 0.1) is 11.2 Å². The van der Waals surface area contributed by atoms with Gasteiger partial charge in [-0.1, -0.05) is 41.9 Å². The van der Waals surface area contributed by atoms with Crippen LogP contribution >= 0.6 is 24.0 Å². The van der Waals surface area contributed by atoms with Gasteiger partial charge in [0.25, 0.3) is 0 Å². The summed E-state index contributed by atoms with van der Waals surface area (Å²) < 4.78 is 0. The van der Waals surface area contributed by atoms with Gasteiger partial charge in [-0.3, -0.25) is 0 Å². The minimum absolute atomic E-state index is 0. The summed E-state index contributed by atoms with van der Waals surface area (Å²) in [5.41, 5.74) is 5.43. The molecule has 0 spiro atoms. The zero-order valence-corrected chi connectivity index (χ0v) is 15.7. The highest BCUT2D eigenvalue weighted by Crippen LogP contribution is 2.34. The van der Waals surface area contributed by atoms with Crippen molar-refractivity contribution in [3.8, 4) is 11.3 Å². The fourth-order valence-electron chi connectivity index (χ4n) is 3.31. The van der Waals surface area contributed by atoms with Crippen LogP contribution in [0.1, 0.15) is 5.56 Å². The number of fused-ring (bicyclic) bond motifs is 1. The summed E-state index contributed by atoms with van der Waals surface area (Å²) in [6, 6.07) is 16.6. The minimum Gasteiger partial charge on any atom is -0.368 e. The van der Waals surface area contributed by atoms with Crippen LogP contribution in [0, 0.1) is 6.92 Å². The van der Waals surface area contributed by atoms with Crippen LogP contribution in [0.3, 0.4) is 0 Å². The number of nitrogens with one attached hydrogen (secondary N) is 1. The molecule has 1 N–H and O–H groups in total. The molecule has 130 valence electrons. The van der Waals surface area contributed by atoms with Crippen LogP contribution in [-0.2, 0) is 0 Å². The van der Waals surface area contributed by atoms with Crippen molar-refractivity contribution in [3.05, 3.63) is 59.1 Å². The number of anilines is 1. The van der Waals surface area contributed by atoms with E-state index in [1.165, 1.54) is 11.1 Å². The second-order valence-corrected chi connectivity index (χ2v) is 6.61. The van der Waals surface area contributed by atoms with E-state index in [1.54, 1.807) is 0 Å². The van der Waals surface area contributed by atoms with Crippen molar-refractivity contribution in [1.29, 1.82) is 0 Å². The lowest BCUT2D eigenvalue weighted by Gasteiger charge is -2.31. The maximum absolute atomic E-state index is 6.36. The highest BCUT2D eigenvalue weighted by molar-refractivity contribution is 6.32. The molecule has 0 aliphatic carbocycles. The molecule has 1 aliphatic rings. The Morgan fingerprint density at radius 2 is 1.76 bits per heavy atom. The van der Waals surface area contributed by atoms with Crippen molar-refractivity contribution in [2.45, 2.75) is 6.92 Å². The molecule has 0 radical (unpaired) electrons. The molecule has 1 aromatic heterocycles. The largest absolute Gasteiger partial charge is 0.368 e. The maximum Gasteiger partial charge on any atom is 0.0774 e. The van der Waals surface area contributed by atoms with E-state index in [9.17, 15) is 0 Å². The van der Waals surface area contributed by atoms with Crippen LogP contribution < -0.4 is 10.2 Å². The molecule has 0 unspecified atom stereocenters. The molecular weight excluding hydrogens is 353 g/mol. The molecule has 3 nitrogen and oxygen atoms in total. The second kappa shape index (κ2) is 7.61. The van der Waals surface area contributed by atoms with Crippen LogP contribution in [0.5, 0.6) is 0 Å². The minimum atomic E-state index is 0. The second-order valence-electron chi connectivity index (χ2n) is 6.20. The number of benzene rings is 2. The summed E-state index contributed by atoms with van der Waals surface area (Å²) in [6.45, 7) is 6.09. The van der Waals surface area contributed by atoms with Crippen LogP contribution in [0.4, 0.5) is 5.69 Å². The number of aromatic nitrogens is 1. The Hall–Kier alpha value is -1.81. The van der Waals surface area contributed by atoms with Crippen molar-refractivity contribution in [3.63, 3.8) is 0 Å². The average molecular weight is 374 g/mol. The van der Waals surface area contributed by atoms with E-state index in [2.05, 4.69) is 46.6 Å². The summed E-state index contributed by atoms with van der Waals surface area (Å²) in [4.78, 5) is 7.38. The van der Waals surface area contributed by atoms with E-state index in [4.69, 9.17) is 16.6 Å². The Morgan fingerprint density at radius 3 is 2.48 bits per heavy atom. The first kappa shape index (κ1) is 18.0. The molecule has 25 heavy (non-hydrogen) atoms. The number of nitrogens with zero attached hydrogens (tertiary/aromatic N) is 2. The number of rotatable bonds is 2. The smallest absolute Gasteiger partial charge is 0.0774 e. The summed E-state index contributed by atoms with van der Waals surface area (Å²) >= 11 is 6.36. The Balaban J connectivity index is 0.00000182. The Bertz CT molecular complexity index is 875. The highest BCUT2D eigenvalue weighted by Gasteiger charge is 2.17. The number of hydrogen-bond donors (Lipinski definition) is 1. The molecule has 0 bridgehead atoms. The van der Waals surface area contributed by atoms with Crippen molar-refractivity contribution in [2.75, 3.05) is 31.1 Å². The molecule has 0 saturated carbocycles. The van der Waals surface area contributed by atoms with Gasteiger partial charge in [0, 0.05) is 47.8 Å². The first-order valence-corrected chi connectivity index (χ1v) is 8.73. The molecular formula is C20H21Cl2N3. The van der Waals surface area contributed by atoms with Crippen LogP contribution in [0.2, 0.25) is 5.02 Å². The maximum atomic E-state index is 6.36. The number of aryl methyl sites for hydroxylation is 1. The summed E-state index contributed by atoms with van der Waals surface area (Å²) in [6.07, 6.45) is 0. The van der Waals surface area contributed by atoms with E-state index in [0.29, 0.717) is 0 Å². The molecule has 1 fully saturated rings. The number of pyridine rings is 1. The fourth-order valence-corrected chi connectivity index (χ4v) is 3.46. The van der Waals surface area contributed by atoms with Gasteiger partial charge in [-0.2, -0.15) is 0 Å². The van der Waals surface area contributed by atoms with Gasteiger partial charge >= 0.3 is 0 Å². The van der Waals surface area contributed by atoms with E-state index in [0.717, 1.165) is 53.5 Å². The van der Waals surface area contributed by atoms with Crippen LogP contribution in [0.25, 0.3) is 22.2 Å². The van der Waals surface area contributed by atoms with E-state index >= 15 is 0 Å². The topological polar surface area (TPSA) is 28.2 Å². The SMILES string of the molecule is Cc1c(Cl)ccc2c(N3CCNCC3)cc(-c3ccccc3)nc12.Cl. The normalized spacial score (nSPS) is 14.4. The lowest BCUT2D eigenvalue weighted by Crippen LogP contribution is -2.43. The van der Waals surface area contributed by atoms with E-state index < -0.39 is 0 Å². The highest BCUT2D eigenvalue weighted by atomic mass is 35.5. The van der Waals surface area contributed by atoms with Crippen molar-refractivity contribution in [1.82, 2.24) is 10.3 Å². The molecule has 1 saturated heterocycles.